The molecule has 1 heterocycles. The van der Waals surface area contributed by atoms with Crippen molar-refractivity contribution in [3.8, 4) is 0 Å². The van der Waals surface area contributed by atoms with Crippen LogP contribution in [0.5, 0.6) is 0 Å². The molecule has 0 bridgehead atoms. The summed E-state index contributed by atoms with van der Waals surface area (Å²) in [6.07, 6.45) is 0.540. The molecule has 0 saturated heterocycles. The van der Waals surface area contributed by atoms with Gasteiger partial charge in [0.2, 0.25) is 0 Å². The lowest BCUT2D eigenvalue weighted by atomic mass is 10.1. The average Bonchev–Trinajstić information content (AvgIpc) is 2.85. The standard InChI is InChI=1S/C17H16FN3O/c18-13-6-7-15-14(10-13)20-17(8-9-19)21(15)11-16(22)12-4-2-1-3-5-12/h1-7,10H,8-9,11,19H2. The average molecular weight is 297 g/mol. The van der Waals surface area contributed by atoms with Crippen LogP contribution in [-0.4, -0.2) is 21.9 Å². The minimum absolute atomic E-state index is 0.0116. The van der Waals surface area contributed by atoms with E-state index in [1.807, 2.05) is 22.8 Å². The van der Waals surface area contributed by atoms with Gasteiger partial charge in [0.1, 0.15) is 11.6 Å². The highest BCUT2D eigenvalue weighted by molar-refractivity contribution is 5.96. The highest BCUT2D eigenvalue weighted by atomic mass is 19.1. The number of hydrogen-bond donors (Lipinski definition) is 1. The summed E-state index contributed by atoms with van der Waals surface area (Å²) < 4.78 is 15.2. The maximum Gasteiger partial charge on any atom is 0.182 e. The number of benzene rings is 2. The van der Waals surface area contributed by atoms with Crippen molar-refractivity contribution in [1.29, 1.82) is 0 Å². The molecule has 0 atom stereocenters. The molecule has 0 unspecified atom stereocenters. The van der Waals surface area contributed by atoms with E-state index in [0.717, 1.165) is 5.52 Å². The van der Waals surface area contributed by atoms with Gasteiger partial charge in [0.15, 0.2) is 5.78 Å². The Balaban J connectivity index is 2.01. The van der Waals surface area contributed by atoms with Crippen molar-refractivity contribution >= 4 is 16.8 Å². The Morgan fingerprint density at radius 3 is 2.68 bits per heavy atom. The quantitative estimate of drug-likeness (QED) is 0.736. The van der Waals surface area contributed by atoms with Crippen LogP contribution >= 0.6 is 0 Å². The van der Waals surface area contributed by atoms with Crippen molar-refractivity contribution in [2.24, 2.45) is 5.73 Å². The summed E-state index contributed by atoms with van der Waals surface area (Å²) in [4.78, 5) is 16.8. The van der Waals surface area contributed by atoms with E-state index in [4.69, 9.17) is 5.73 Å². The van der Waals surface area contributed by atoms with Crippen molar-refractivity contribution in [1.82, 2.24) is 9.55 Å². The zero-order valence-corrected chi connectivity index (χ0v) is 12.0. The number of halogens is 1. The molecular weight excluding hydrogens is 281 g/mol. The van der Waals surface area contributed by atoms with Crippen LogP contribution in [0.15, 0.2) is 48.5 Å². The van der Waals surface area contributed by atoms with Crippen LogP contribution in [0.25, 0.3) is 11.0 Å². The monoisotopic (exact) mass is 297 g/mol. The van der Waals surface area contributed by atoms with Gasteiger partial charge in [0.05, 0.1) is 17.6 Å². The molecule has 0 spiro atoms. The summed E-state index contributed by atoms with van der Waals surface area (Å²) in [5, 5.41) is 0. The largest absolute Gasteiger partial charge is 0.330 e. The zero-order valence-electron chi connectivity index (χ0n) is 12.0. The first-order valence-corrected chi connectivity index (χ1v) is 7.12. The number of Topliss-reactive ketones (excluding diaryl/α,β-unsaturated/α-hetero) is 1. The lowest BCUT2D eigenvalue weighted by Crippen LogP contribution is -2.15. The molecule has 0 fully saturated rings. The minimum atomic E-state index is -0.342. The Hall–Kier alpha value is -2.53. The van der Waals surface area contributed by atoms with E-state index in [9.17, 15) is 9.18 Å². The van der Waals surface area contributed by atoms with Crippen LogP contribution in [0, 0.1) is 5.82 Å². The number of carbonyl (C=O) groups is 1. The van der Waals surface area contributed by atoms with E-state index < -0.39 is 0 Å². The third-order valence-corrected chi connectivity index (χ3v) is 3.55. The maximum absolute atomic E-state index is 13.4. The molecule has 3 aromatic rings. The van der Waals surface area contributed by atoms with Gasteiger partial charge in [0.25, 0.3) is 0 Å². The van der Waals surface area contributed by atoms with Gasteiger partial charge in [-0.05, 0) is 18.7 Å². The fourth-order valence-electron chi connectivity index (χ4n) is 2.51. The highest BCUT2D eigenvalue weighted by Gasteiger charge is 2.14. The molecular formula is C17H16FN3O. The van der Waals surface area contributed by atoms with Crippen LogP contribution in [0.1, 0.15) is 16.2 Å². The Kier molecular flexibility index (Phi) is 3.98. The second-order valence-electron chi connectivity index (χ2n) is 5.08. The van der Waals surface area contributed by atoms with Gasteiger partial charge in [0, 0.05) is 18.1 Å². The van der Waals surface area contributed by atoms with E-state index in [2.05, 4.69) is 4.98 Å². The summed E-state index contributed by atoms with van der Waals surface area (Å²) in [5.41, 5.74) is 7.54. The first-order valence-electron chi connectivity index (χ1n) is 7.12. The maximum atomic E-state index is 13.4. The third kappa shape index (κ3) is 2.76. The fraction of sp³-hybridized carbons (Fsp3) is 0.176. The number of fused-ring (bicyclic) bond motifs is 1. The molecule has 0 radical (unpaired) electrons. The molecule has 3 rings (SSSR count). The first kappa shape index (κ1) is 14.4. The topological polar surface area (TPSA) is 60.9 Å². The van der Waals surface area contributed by atoms with Crippen molar-refractivity contribution < 1.29 is 9.18 Å². The van der Waals surface area contributed by atoms with Gasteiger partial charge in [-0.3, -0.25) is 4.79 Å². The van der Waals surface area contributed by atoms with Gasteiger partial charge in [-0.2, -0.15) is 0 Å². The number of rotatable bonds is 5. The molecule has 4 nitrogen and oxygen atoms in total. The first-order chi connectivity index (χ1) is 10.7. The fourth-order valence-corrected chi connectivity index (χ4v) is 2.51. The Morgan fingerprint density at radius 1 is 1.18 bits per heavy atom. The second kappa shape index (κ2) is 6.07. The van der Waals surface area contributed by atoms with Gasteiger partial charge in [-0.25, -0.2) is 9.37 Å². The number of hydrogen-bond acceptors (Lipinski definition) is 3. The number of nitrogens with two attached hydrogens (primary N) is 1. The van der Waals surface area contributed by atoms with E-state index >= 15 is 0 Å². The predicted molar refractivity (Wildman–Crippen MR) is 83.2 cm³/mol. The highest BCUT2D eigenvalue weighted by Crippen LogP contribution is 2.19. The van der Waals surface area contributed by atoms with Crippen molar-refractivity contribution in [2.75, 3.05) is 6.54 Å². The number of ketones is 1. The molecule has 0 amide bonds. The van der Waals surface area contributed by atoms with E-state index in [1.54, 1.807) is 18.2 Å². The third-order valence-electron chi connectivity index (χ3n) is 3.55. The summed E-state index contributed by atoms with van der Waals surface area (Å²) >= 11 is 0. The van der Waals surface area contributed by atoms with Crippen molar-refractivity contribution in [3.05, 3.63) is 65.7 Å². The molecule has 0 aliphatic carbocycles. The lowest BCUT2D eigenvalue weighted by Gasteiger charge is -2.08. The SMILES string of the molecule is NCCc1nc2cc(F)ccc2n1CC(=O)c1ccccc1. The summed E-state index contributed by atoms with van der Waals surface area (Å²) in [5.74, 6) is 0.348. The van der Waals surface area contributed by atoms with Crippen LogP contribution in [0.2, 0.25) is 0 Å². The molecule has 22 heavy (non-hydrogen) atoms. The molecule has 112 valence electrons. The summed E-state index contributed by atoms with van der Waals surface area (Å²) in [6.45, 7) is 0.590. The molecule has 0 saturated carbocycles. The van der Waals surface area contributed by atoms with E-state index in [0.29, 0.717) is 29.9 Å². The molecule has 2 aromatic carbocycles. The lowest BCUT2D eigenvalue weighted by molar-refractivity contribution is 0.0972. The van der Waals surface area contributed by atoms with Crippen LogP contribution < -0.4 is 5.73 Å². The molecule has 5 heteroatoms. The molecule has 0 aliphatic rings. The van der Waals surface area contributed by atoms with Gasteiger partial charge < -0.3 is 10.3 Å². The molecule has 0 aliphatic heterocycles. The van der Waals surface area contributed by atoms with Crippen LogP contribution in [-0.2, 0) is 13.0 Å². The Labute approximate surface area is 127 Å². The van der Waals surface area contributed by atoms with Crippen molar-refractivity contribution in [2.45, 2.75) is 13.0 Å². The Bertz CT molecular complexity index is 811. The van der Waals surface area contributed by atoms with Gasteiger partial charge in [-0.15, -0.1) is 0 Å². The second-order valence-corrected chi connectivity index (χ2v) is 5.08. The summed E-state index contributed by atoms with van der Waals surface area (Å²) in [7, 11) is 0. The van der Waals surface area contributed by atoms with Crippen LogP contribution in [0.3, 0.4) is 0 Å². The molecule has 2 N–H and O–H groups in total. The van der Waals surface area contributed by atoms with Crippen LogP contribution in [0.4, 0.5) is 4.39 Å². The summed E-state index contributed by atoms with van der Waals surface area (Å²) in [6, 6.07) is 13.5. The Morgan fingerprint density at radius 2 is 1.95 bits per heavy atom. The minimum Gasteiger partial charge on any atom is -0.330 e. The number of carbonyl (C=O) groups excluding carboxylic acids is 1. The smallest absolute Gasteiger partial charge is 0.182 e. The number of imidazole rings is 1. The normalized spacial score (nSPS) is 11.0. The number of aromatic nitrogens is 2. The zero-order chi connectivity index (χ0) is 15.5. The van der Waals surface area contributed by atoms with E-state index in [-0.39, 0.29) is 18.1 Å². The van der Waals surface area contributed by atoms with Crippen molar-refractivity contribution in [3.63, 3.8) is 0 Å². The predicted octanol–water partition coefficient (Wildman–Crippen LogP) is 2.56. The number of nitrogens with zero attached hydrogens (tertiary/aromatic N) is 2. The van der Waals surface area contributed by atoms with Gasteiger partial charge in [-0.1, -0.05) is 30.3 Å². The van der Waals surface area contributed by atoms with Gasteiger partial charge >= 0.3 is 0 Å². The molecule has 1 aromatic heterocycles. The van der Waals surface area contributed by atoms with E-state index in [1.165, 1.54) is 12.1 Å².